The predicted molar refractivity (Wildman–Crippen MR) is 103 cm³/mol. The molecule has 1 aromatic heterocycles. The van der Waals surface area contributed by atoms with E-state index in [1.165, 1.54) is 5.56 Å². The molecule has 0 atom stereocenters. The van der Waals surface area contributed by atoms with E-state index in [-0.39, 0.29) is 11.5 Å². The van der Waals surface area contributed by atoms with E-state index in [0.717, 1.165) is 12.1 Å². The van der Waals surface area contributed by atoms with Crippen molar-refractivity contribution < 1.29 is 9.53 Å². The highest BCUT2D eigenvalue weighted by Crippen LogP contribution is 2.28. The summed E-state index contributed by atoms with van der Waals surface area (Å²) >= 11 is 0. The molecule has 1 aromatic carbocycles. The molecule has 27 heavy (non-hydrogen) atoms. The standard InChI is InChI=1S/C20H24N4O3/c1-14-16(19(26)22-20(21-14)23-10-12-27-13-11-23)6-7-18(25)24-9-8-15-4-2-3-5-17(15)24/h2-5H,6-13H2,1H3,(H,21,22,26). The van der Waals surface area contributed by atoms with E-state index in [0.29, 0.717) is 62.9 Å². The van der Waals surface area contributed by atoms with E-state index in [4.69, 9.17) is 4.74 Å². The zero-order valence-corrected chi connectivity index (χ0v) is 15.5. The van der Waals surface area contributed by atoms with Gasteiger partial charge in [-0.05, 0) is 31.4 Å². The molecule has 1 amide bonds. The minimum absolute atomic E-state index is 0.0519. The molecule has 1 fully saturated rings. The van der Waals surface area contributed by atoms with Gasteiger partial charge in [-0.15, -0.1) is 0 Å². The molecule has 0 aliphatic carbocycles. The second-order valence-corrected chi connectivity index (χ2v) is 6.98. The number of aryl methyl sites for hydroxylation is 1. The Balaban J connectivity index is 1.45. The number of nitrogens with one attached hydrogen (secondary N) is 1. The van der Waals surface area contributed by atoms with Crippen molar-refractivity contribution in [3.63, 3.8) is 0 Å². The molecule has 2 aliphatic rings. The number of aromatic nitrogens is 2. The summed E-state index contributed by atoms with van der Waals surface area (Å²) in [6.45, 7) is 5.25. The SMILES string of the molecule is Cc1nc(N2CCOCC2)[nH]c(=O)c1CCC(=O)N1CCc2ccccc21. The zero-order valence-electron chi connectivity index (χ0n) is 15.5. The van der Waals surface area contributed by atoms with E-state index >= 15 is 0 Å². The summed E-state index contributed by atoms with van der Waals surface area (Å²) in [6, 6.07) is 7.99. The van der Waals surface area contributed by atoms with Crippen molar-refractivity contribution in [2.45, 2.75) is 26.2 Å². The van der Waals surface area contributed by atoms with Gasteiger partial charge in [0.1, 0.15) is 0 Å². The number of amides is 1. The van der Waals surface area contributed by atoms with Crippen molar-refractivity contribution >= 4 is 17.5 Å². The number of benzene rings is 1. The van der Waals surface area contributed by atoms with Gasteiger partial charge in [-0.25, -0.2) is 4.98 Å². The summed E-state index contributed by atoms with van der Waals surface area (Å²) in [5, 5.41) is 0. The van der Waals surface area contributed by atoms with E-state index in [2.05, 4.69) is 16.0 Å². The summed E-state index contributed by atoms with van der Waals surface area (Å²) < 4.78 is 5.34. The van der Waals surface area contributed by atoms with Gasteiger partial charge in [0.05, 0.1) is 13.2 Å². The maximum Gasteiger partial charge on any atom is 0.255 e. The molecule has 4 rings (SSSR count). The van der Waals surface area contributed by atoms with Crippen molar-refractivity contribution in [2.75, 3.05) is 42.6 Å². The van der Waals surface area contributed by atoms with Crippen LogP contribution in [0, 0.1) is 6.92 Å². The monoisotopic (exact) mass is 368 g/mol. The lowest BCUT2D eigenvalue weighted by atomic mass is 10.1. The Hall–Kier alpha value is -2.67. The van der Waals surface area contributed by atoms with Crippen LogP contribution in [-0.2, 0) is 22.4 Å². The van der Waals surface area contributed by atoms with Crippen LogP contribution in [0.3, 0.4) is 0 Å². The Kier molecular flexibility index (Phi) is 4.94. The molecule has 0 radical (unpaired) electrons. The topological polar surface area (TPSA) is 78.5 Å². The number of morpholine rings is 1. The Morgan fingerprint density at radius 3 is 2.78 bits per heavy atom. The minimum Gasteiger partial charge on any atom is -0.378 e. The maximum atomic E-state index is 12.7. The molecule has 3 heterocycles. The van der Waals surface area contributed by atoms with Gasteiger partial charge in [0, 0.05) is 43.0 Å². The first-order valence-electron chi connectivity index (χ1n) is 9.44. The number of nitrogens with zero attached hydrogens (tertiary/aromatic N) is 3. The largest absolute Gasteiger partial charge is 0.378 e. The van der Waals surface area contributed by atoms with Crippen LogP contribution in [0.5, 0.6) is 0 Å². The van der Waals surface area contributed by atoms with Crippen LogP contribution in [0.1, 0.15) is 23.2 Å². The molecule has 0 saturated carbocycles. The normalized spacial score (nSPS) is 16.5. The van der Waals surface area contributed by atoms with E-state index in [1.807, 2.05) is 34.9 Å². The average Bonchev–Trinajstić information content (AvgIpc) is 3.12. The number of hydrogen-bond acceptors (Lipinski definition) is 5. The quantitative estimate of drug-likeness (QED) is 0.883. The average molecular weight is 368 g/mol. The van der Waals surface area contributed by atoms with Crippen LogP contribution < -0.4 is 15.4 Å². The van der Waals surface area contributed by atoms with Crippen molar-refractivity contribution in [2.24, 2.45) is 0 Å². The van der Waals surface area contributed by atoms with Crippen LogP contribution >= 0.6 is 0 Å². The molecule has 2 aliphatic heterocycles. The van der Waals surface area contributed by atoms with Gasteiger partial charge in [0.2, 0.25) is 11.9 Å². The highest BCUT2D eigenvalue weighted by atomic mass is 16.5. The molecule has 7 nitrogen and oxygen atoms in total. The summed E-state index contributed by atoms with van der Waals surface area (Å²) in [6.07, 6.45) is 1.59. The van der Waals surface area contributed by atoms with Crippen molar-refractivity contribution in [1.29, 1.82) is 0 Å². The number of para-hydroxylation sites is 1. The summed E-state index contributed by atoms with van der Waals surface area (Å²) in [7, 11) is 0. The highest BCUT2D eigenvalue weighted by Gasteiger charge is 2.24. The Morgan fingerprint density at radius 1 is 1.22 bits per heavy atom. The molecule has 1 N–H and O–H groups in total. The van der Waals surface area contributed by atoms with E-state index in [9.17, 15) is 9.59 Å². The number of carbonyl (C=O) groups excluding carboxylic acids is 1. The van der Waals surface area contributed by atoms with Crippen molar-refractivity contribution in [1.82, 2.24) is 9.97 Å². The Morgan fingerprint density at radius 2 is 2.00 bits per heavy atom. The van der Waals surface area contributed by atoms with Crippen LogP contribution in [0.25, 0.3) is 0 Å². The number of ether oxygens (including phenoxy) is 1. The first-order valence-corrected chi connectivity index (χ1v) is 9.44. The number of H-pyrrole nitrogens is 1. The fourth-order valence-corrected chi connectivity index (χ4v) is 3.78. The summed E-state index contributed by atoms with van der Waals surface area (Å²) in [4.78, 5) is 36.5. The van der Waals surface area contributed by atoms with Crippen LogP contribution in [0.4, 0.5) is 11.6 Å². The smallest absolute Gasteiger partial charge is 0.255 e. The highest BCUT2D eigenvalue weighted by molar-refractivity contribution is 5.95. The van der Waals surface area contributed by atoms with Crippen molar-refractivity contribution in [3.05, 3.63) is 51.4 Å². The van der Waals surface area contributed by atoms with Gasteiger partial charge in [-0.2, -0.15) is 0 Å². The van der Waals surface area contributed by atoms with Gasteiger partial charge in [-0.1, -0.05) is 18.2 Å². The molecule has 0 spiro atoms. The van der Waals surface area contributed by atoms with Gasteiger partial charge in [-0.3, -0.25) is 14.6 Å². The first kappa shape index (κ1) is 17.7. The van der Waals surface area contributed by atoms with Crippen LogP contribution in [-0.4, -0.2) is 48.7 Å². The maximum absolute atomic E-state index is 12.7. The van der Waals surface area contributed by atoms with E-state index in [1.54, 1.807) is 0 Å². The molecule has 0 unspecified atom stereocenters. The third-order valence-electron chi connectivity index (χ3n) is 5.30. The molecule has 142 valence electrons. The predicted octanol–water partition coefficient (Wildman–Crippen LogP) is 1.44. The van der Waals surface area contributed by atoms with Gasteiger partial charge in [0.15, 0.2) is 0 Å². The Bertz CT molecular complexity index is 902. The van der Waals surface area contributed by atoms with Gasteiger partial charge >= 0.3 is 0 Å². The fourth-order valence-electron chi connectivity index (χ4n) is 3.78. The molecule has 7 heteroatoms. The molecular weight excluding hydrogens is 344 g/mol. The third-order valence-corrected chi connectivity index (χ3v) is 5.30. The van der Waals surface area contributed by atoms with Crippen LogP contribution in [0.15, 0.2) is 29.1 Å². The second-order valence-electron chi connectivity index (χ2n) is 6.98. The number of carbonyl (C=O) groups is 1. The number of hydrogen-bond donors (Lipinski definition) is 1. The molecular formula is C20H24N4O3. The van der Waals surface area contributed by atoms with Crippen LogP contribution in [0.2, 0.25) is 0 Å². The zero-order chi connectivity index (χ0) is 18.8. The molecule has 0 bridgehead atoms. The Labute approximate surface area is 158 Å². The lowest BCUT2D eigenvalue weighted by molar-refractivity contribution is -0.118. The number of fused-ring (bicyclic) bond motifs is 1. The minimum atomic E-state index is -0.154. The lowest BCUT2D eigenvalue weighted by Crippen LogP contribution is -2.38. The fraction of sp³-hybridized carbons (Fsp3) is 0.450. The molecule has 1 saturated heterocycles. The lowest BCUT2D eigenvalue weighted by Gasteiger charge is -2.27. The van der Waals surface area contributed by atoms with Gasteiger partial charge in [0.25, 0.3) is 5.56 Å². The first-order chi connectivity index (χ1) is 13.1. The second kappa shape index (κ2) is 7.52. The summed E-state index contributed by atoms with van der Waals surface area (Å²) in [5.41, 5.74) is 3.33. The van der Waals surface area contributed by atoms with E-state index < -0.39 is 0 Å². The number of rotatable bonds is 4. The third kappa shape index (κ3) is 3.60. The molecule has 2 aromatic rings. The summed E-state index contributed by atoms with van der Waals surface area (Å²) in [5.74, 6) is 0.639. The van der Waals surface area contributed by atoms with Gasteiger partial charge < -0.3 is 14.5 Å². The van der Waals surface area contributed by atoms with Crippen molar-refractivity contribution in [3.8, 4) is 0 Å². The number of aromatic amines is 1. The number of anilines is 2.